The van der Waals surface area contributed by atoms with Gasteiger partial charge in [-0.2, -0.15) is 0 Å². The number of aromatic nitrogens is 2. The first-order valence-corrected chi connectivity index (χ1v) is 8.05. The van der Waals surface area contributed by atoms with Crippen molar-refractivity contribution in [3.8, 4) is 0 Å². The van der Waals surface area contributed by atoms with E-state index in [4.69, 9.17) is 0 Å². The second-order valence-electron chi connectivity index (χ2n) is 5.00. The molecule has 1 aromatic heterocycles. The lowest BCUT2D eigenvalue weighted by molar-refractivity contribution is -0.385. The standard InChI is InChI=1S/C13H15BrN4O2S/c1-8(2)5-12-16-17-13(21-12)15-7-9-3-4-10(14)11(6-9)18(19)20/h3-4,6,8H,5,7H2,1-2H3,(H,15,17). The van der Waals surface area contributed by atoms with E-state index in [2.05, 4.69) is 45.3 Å². The van der Waals surface area contributed by atoms with E-state index in [1.165, 1.54) is 11.3 Å². The quantitative estimate of drug-likeness (QED) is 0.613. The van der Waals surface area contributed by atoms with Crippen LogP contribution in [0, 0.1) is 16.0 Å². The zero-order valence-corrected chi connectivity index (χ0v) is 14.1. The number of benzene rings is 1. The summed E-state index contributed by atoms with van der Waals surface area (Å²) in [7, 11) is 0. The fourth-order valence-corrected chi connectivity index (χ4v) is 3.08. The number of rotatable bonds is 6. The van der Waals surface area contributed by atoms with Crippen LogP contribution in [0.3, 0.4) is 0 Å². The highest BCUT2D eigenvalue weighted by molar-refractivity contribution is 9.10. The van der Waals surface area contributed by atoms with Crippen molar-refractivity contribution in [2.45, 2.75) is 26.8 Å². The summed E-state index contributed by atoms with van der Waals surface area (Å²) in [5, 5.41) is 24.0. The molecule has 0 fully saturated rings. The average Bonchev–Trinajstić information content (AvgIpc) is 2.84. The van der Waals surface area contributed by atoms with Gasteiger partial charge in [0.25, 0.3) is 5.69 Å². The summed E-state index contributed by atoms with van der Waals surface area (Å²) in [6.45, 7) is 4.75. The Hall–Kier alpha value is -1.54. The van der Waals surface area contributed by atoms with Crippen LogP contribution in [0.2, 0.25) is 0 Å². The number of nitro benzene ring substituents is 1. The zero-order valence-electron chi connectivity index (χ0n) is 11.7. The number of hydrogen-bond acceptors (Lipinski definition) is 6. The number of hydrogen-bond donors (Lipinski definition) is 1. The van der Waals surface area contributed by atoms with Crippen molar-refractivity contribution in [1.29, 1.82) is 0 Å². The Labute approximate surface area is 134 Å². The van der Waals surface area contributed by atoms with Gasteiger partial charge in [0.15, 0.2) is 0 Å². The Bertz CT molecular complexity index is 645. The number of halogens is 1. The predicted octanol–water partition coefficient (Wildman–Crippen LogP) is 4.02. The summed E-state index contributed by atoms with van der Waals surface area (Å²) in [5.41, 5.74) is 0.887. The Balaban J connectivity index is 2.01. The lowest BCUT2D eigenvalue weighted by atomic mass is 10.1. The fourth-order valence-electron chi connectivity index (χ4n) is 1.74. The molecule has 0 atom stereocenters. The Morgan fingerprint density at radius 2 is 2.19 bits per heavy atom. The largest absolute Gasteiger partial charge is 0.356 e. The van der Waals surface area contributed by atoms with Crippen molar-refractivity contribution in [2.24, 2.45) is 5.92 Å². The van der Waals surface area contributed by atoms with E-state index in [0.717, 1.165) is 22.1 Å². The molecule has 0 aliphatic heterocycles. The molecule has 6 nitrogen and oxygen atoms in total. The van der Waals surface area contributed by atoms with E-state index < -0.39 is 4.92 Å². The molecule has 0 aliphatic rings. The first kappa shape index (κ1) is 15.8. The topological polar surface area (TPSA) is 81.0 Å². The Morgan fingerprint density at radius 3 is 2.86 bits per heavy atom. The van der Waals surface area contributed by atoms with Gasteiger partial charge >= 0.3 is 0 Å². The molecule has 1 heterocycles. The maximum atomic E-state index is 10.9. The van der Waals surface area contributed by atoms with Gasteiger partial charge in [0.05, 0.1) is 9.40 Å². The Morgan fingerprint density at radius 1 is 1.43 bits per heavy atom. The van der Waals surface area contributed by atoms with Crippen LogP contribution in [-0.2, 0) is 13.0 Å². The number of nitro groups is 1. The molecular weight excluding hydrogens is 356 g/mol. The summed E-state index contributed by atoms with van der Waals surface area (Å²) in [6, 6.07) is 5.06. The van der Waals surface area contributed by atoms with Crippen LogP contribution in [0.15, 0.2) is 22.7 Å². The normalized spacial score (nSPS) is 10.9. The molecule has 0 aliphatic carbocycles. The van der Waals surface area contributed by atoms with Crippen LogP contribution in [0.4, 0.5) is 10.8 Å². The van der Waals surface area contributed by atoms with Crippen molar-refractivity contribution in [3.63, 3.8) is 0 Å². The van der Waals surface area contributed by atoms with Crippen LogP contribution in [-0.4, -0.2) is 15.1 Å². The highest BCUT2D eigenvalue weighted by Crippen LogP contribution is 2.26. The average molecular weight is 371 g/mol. The van der Waals surface area contributed by atoms with E-state index in [-0.39, 0.29) is 5.69 Å². The van der Waals surface area contributed by atoms with Gasteiger partial charge < -0.3 is 5.32 Å². The van der Waals surface area contributed by atoms with Crippen LogP contribution in [0.5, 0.6) is 0 Å². The summed E-state index contributed by atoms with van der Waals surface area (Å²) < 4.78 is 0.478. The van der Waals surface area contributed by atoms with E-state index in [0.29, 0.717) is 16.9 Å². The minimum absolute atomic E-state index is 0.0621. The van der Waals surface area contributed by atoms with Crippen molar-refractivity contribution in [3.05, 3.63) is 43.4 Å². The number of nitrogens with zero attached hydrogens (tertiary/aromatic N) is 3. The highest BCUT2D eigenvalue weighted by atomic mass is 79.9. The molecule has 112 valence electrons. The second kappa shape index (κ2) is 6.95. The third kappa shape index (κ3) is 4.47. The molecule has 1 aromatic carbocycles. The van der Waals surface area contributed by atoms with Crippen molar-refractivity contribution < 1.29 is 4.92 Å². The molecule has 0 saturated heterocycles. The van der Waals surface area contributed by atoms with Gasteiger partial charge in [0, 0.05) is 19.0 Å². The van der Waals surface area contributed by atoms with E-state index in [9.17, 15) is 10.1 Å². The van der Waals surface area contributed by atoms with Gasteiger partial charge in [-0.15, -0.1) is 10.2 Å². The van der Waals surface area contributed by atoms with Gasteiger partial charge in [-0.05, 0) is 33.5 Å². The van der Waals surface area contributed by atoms with Gasteiger partial charge in [-0.1, -0.05) is 31.3 Å². The van der Waals surface area contributed by atoms with E-state index in [1.54, 1.807) is 12.1 Å². The summed E-state index contributed by atoms with van der Waals surface area (Å²) in [6.07, 6.45) is 0.906. The Kier molecular flexibility index (Phi) is 5.24. The third-order valence-electron chi connectivity index (χ3n) is 2.70. The molecule has 2 rings (SSSR count). The summed E-state index contributed by atoms with van der Waals surface area (Å²) in [4.78, 5) is 10.5. The maximum absolute atomic E-state index is 10.9. The van der Waals surface area contributed by atoms with Gasteiger partial charge in [0.2, 0.25) is 5.13 Å². The smallest absolute Gasteiger partial charge is 0.283 e. The monoisotopic (exact) mass is 370 g/mol. The molecule has 21 heavy (non-hydrogen) atoms. The van der Waals surface area contributed by atoms with Crippen LogP contribution < -0.4 is 5.32 Å². The minimum Gasteiger partial charge on any atom is -0.356 e. The van der Waals surface area contributed by atoms with Gasteiger partial charge in [0.1, 0.15) is 5.01 Å². The molecule has 0 unspecified atom stereocenters. The number of anilines is 1. The first-order chi connectivity index (χ1) is 9.95. The number of nitrogens with one attached hydrogen (secondary N) is 1. The molecule has 1 N–H and O–H groups in total. The molecule has 0 bridgehead atoms. The first-order valence-electron chi connectivity index (χ1n) is 6.44. The summed E-state index contributed by atoms with van der Waals surface area (Å²) in [5.74, 6) is 0.542. The van der Waals surface area contributed by atoms with Crippen LogP contribution in [0.25, 0.3) is 0 Å². The SMILES string of the molecule is CC(C)Cc1nnc(NCc2ccc(Br)c([N+](=O)[O-])c2)s1. The minimum atomic E-state index is -0.403. The second-order valence-corrected chi connectivity index (χ2v) is 6.91. The van der Waals surface area contributed by atoms with Crippen LogP contribution >= 0.6 is 27.3 Å². The lowest BCUT2D eigenvalue weighted by Crippen LogP contribution is -2.00. The van der Waals surface area contributed by atoms with Crippen molar-refractivity contribution >= 4 is 38.1 Å². The van der Waals surface area contributed by atoms with Gasteiger partial charge in [-0.3, -0.25) is 10.1 Å². The molecule has 0 amide bonds. The molecule has 0 radical (unpaired) electrons. The summed E-state index contributed by atoms with van der Waals surface area (Å²) >= 11 is 4.69. The fraction of sp³-hybridized carbons (Fsp3) is 0.385. The third-order valence-corrected chi connectivity index (χ3v) is 4.27. The molecule has 0 saturated carbocycles. The van der Waals surface area contributed by atoms with Gasteiger partial charge in [-0.25, -0.2) is 0 Å². The van der Waals surface area contributed by atoms with E-state index >= 15 is 0 Å². The highest BCUT2D eigenvalue weighted by Gasteiger charge is 2.12. The zero-order chi connectivity index (χ0) is 15.4. The lowest BCUT2D eigenvalue weighted by Gasteiger charge is -2.03. The predicted molar refractivity (Wildman–Crippen MR) is 86.6 cm³/mol. The molecule has 2 aromatic rings. The van der Waals surface area contributed by atoms with Crippen molar-refractivity contribution in [1.82, 2.24) is 10.2 Å². The molecular formula is C13H15BrN4O2S. The molecule has 0 spiro atoms. The molecule has 8 heteroatoms. The van der Waals surface area contributed by atoms with Crippen LogP contribution in [0.1, 0.15) is 24.4 Å². The maximum Gasteiger partial charge on any atom is 0.283 e. The van der Waals surface area contributed by atoms with Crippen molar-refractivity contribution in [2.75, 3.05) is 5.32 Å². The van der Waals surface area contributed by atoms with E-state index in [1.807, 2.05) is 6.07 Å².